The Bertz CT molecular complexity index is 348. The number of hydrogen-bond donors (Lipinski definition) is 1. The van der Waals surface area contributed by atoms with Crippen LogP contribution in [0.5, 0.6) is 0 Å². The lowest BCUT2D eigenvalue weighted by Gasteiger charge is -2.38. The second kappa shape index (κ2) is 5.24. The molecule has 17 heavy (non-hydrogen) atoms. The van der Waals surface area contributed by atoms with E-state index in [1.165, 1.54) is 31.9 Å². The molecule has 1 aliphatic carbocycles. The van der Waals surface area contributed by atoms with Gasteiger partial charge in [-0.2, -0.15) is 4.31 Å². The van der Waals surface area contributed by atoms with Gasteiger partial charge >= 0.3 is 0 Å². The molecule has 2 aliphatic rings. The van der Waals surface area contributed by atoms with Crippen molar-refractivity contribution >= 4 is 10.0 Å². The summed E-state index contributed by atoms with van der Waals surface area (Å²) in [5.41, 5.74) is 0. The quantitative estimate of drug-likeness (QED) is 0.743. The van der Waals surface area contributed by atoms with Crippen molar-refractivity contribution in [2.24, 2.45) is 5.92 Å². The third kappa shape index (κ3) is 3.42. The van der Waals surface area contributed by atoms with E-state index >= 15 is 0 Å². The second-order valence-corrected chi connectivity index (χ2v) is 7.77. The zero-order valence-corrected chi connectivity index (χ0v) is 11.8. The van der Waals surface area contributed by atoms with Gasteiger partial charge in [0.25, 0.3) is 0 Å². The number of quaternary nitrogens is 1. The Morgan fingerprint density at radius 1 is 1.18 bits per heavy atom. The molecule has 0 aromatic rings. The first-order valence-corrected chi connectivity index (χ1v) is 8.61. The summed E-state index contributed by atoms with van der Waals surface area (Å²) in [5, 5.41) is 0. The minimum absolute atomic E-state index is 0.707. The van der Waals surface area contributed by atoms with Crippen LogP contribution in [-0.2, 0) is 10.0 Å². The van der Waals surface area contributed by atoms with Gasteiger partial charge in [-0.25, -0.2) is 8.42 Å². The third-order valence-corrected chi connectivity index (χ3v) is 5.65. The fraction of sp³-hybridized carbons (Fsp3) is 1.00. The van der Waals surface area contributed by atoms with Crippen molar-refractivity contribution in [2.75, 3.05) is 32.4 Å². The maximum Gasteiger partial charge on any atom is 0.211 e. The van der Waals surface area contributed by atoms with Crippen LogP contribution in [0, 0.1) is 5.92 Å². The first kappa shape index (κ1) is 13.3. The van der Waals surface area contributed by atoms with Crippen LogP contribution in [0.15, 0.2) is 0 Å². The molecule has 0 radical (unpaired) electrons. The molecule has 0 aromatic carbocycles. The molecule has 0 amide bonds. The van der Waals surface area contributed by atoms with E-state index < -0.39 is 10.0 Å². The summed E-state index contributed by atoms with van der Waals surface area (Å²) in [6.45, 7) is 5.74. The highest BCUT2D eigenvalue weighted by molar-refractivity contribution is 7.88. The van der Waals surface area contributed by atoms with Crippen molar-refractivity contribution in [3.8, 4) is 0 Å². The van der Waals surface area contributed by atoms with E-state index in [1.807, 2.05) is 0 Å². The standard InChI is InChI=1S/C12H24N2O2S/c1-11-4-3-5-12(10-11)13-6-8-14(9-7-13)17(2,15)16/h11-12H,3-10H2,1-2H3/p+1/t11-,12-/m0/s1. The highest BCUT2D eigenvalue weighted by Crippen LogP contribution is 2.22. The molecule has 0 aromatic heterocycles. The van der Waals surface area contributed by atoms with Gasteiger partial charge in [-0.05, 0) is 18.8 Å². The summed E-state index contributed by atoms with van der Waals surface area (Å²) in [4.78, 5) is 1.64. The van der Waals surface area contributed by atoms with Crippen LogP contribution in [0.25, 0.3) is 0 Å². The molecule has 2 rings (SSSR count). The summed E-state index contributed by atoms with van der Waals surface area (Å²) in [7, 11) is -2.97. The van der Waals surface area contributed by atoms with Crippen LogP contribution in [0.4, 0.5) is 0 Å². The highest BCUT2D eigenvalue weighted by Gasteiger charge is 2.32. The fourth-order valence-electron chi connectivity index (χ4n) is 3.32. The maximum absolute atomic E-state index is 11.4. The maximum atomic E-state index is 11.4. The number of piperazine rings is 1. The van der Waals surface area contributed by atoms with E-state index in [0.717, 1.165) is 25.0 Å². The molecule has 5 heteroatoms. The summed E-state index contributed by atoms with van der Waals surface area (Å²) in [6, 6.07) is 0.778. The van der Waals surface area contributed by atoms with E-state index in [-0.39, 0.29) is 0 Å². The van der Waals surface area contributed by atoms with Gasteiger partial charge in [-0.15, -0.1) is 0 Å². The van der Waals surface area contributed by atoms with Gasteiger partial charge in [-0.1, -0.05) is 13.3 Å². The lowest BCUT2D eigenvalue weighted by molar-refractivity contribution is -0.930. The van der Waals surface area contributed by atoms with E-state index in [2.05, 4.69) is 6.92 Å². The van der Waals surface area contributed by atoms with E-state index in [9.17, 15) is 8.42 Å². The topological polar surface area (TPSA) is 41.8 Å². The zero-order chi connectivity index (χ0) is 12.5. The molecule has 1 saturated carbocycles. The molecule has 0 spiro atoms. The number of nitrogens with one attached hydrogen (secondary N) is 1. The largest absolute Gasteiger partial charge is 0.330 e. The minimum atomic E-state index is -2.97. The van der Waals surface area contributed by atoms with Crippen LogP contribution in [0.2, 0.25) is 0 Å². The molecule has 2 atom stereocenters. The Labute approximate surface area is 105 Å². The number of nitrogens with zero attached hydrogens (tertiary/aromatic N) is 1. The first-order chi connectivity index (χ1) is 7.97. The SMILES string of the molecule is C[C@H]1CCC[C@H]([NH+]2CCN(S(C)(=O)=O)CC2)C1. The Morgan fingerprint density at radius 3 is 2.35 bits per heavy atom. The third-order valence-electron chi connectivity index (χ3n) is 4.35. The lowest BCUT2D eigenvalue weighted by Crippen LogP contribution is -3.18. The lowest BCUT2D eigenvalue weighted by atomic mass is 9.86. The Hall–Kier alpha value is -0.130. The molecule has 2 fully saturated rings. The molecule has 0 bridgehead atoms. The molecule has 1 aliphatic heterocycles. The summed E-state index contributed by atoms with van der Waals surface area (Å²) < 4.78 is 24.5. The summed E-state index contributed by atoms with van der Waals surface area (Å²) in [5.74, 6) is 0.856. The van der Waals surface area contributed by atoms with E-state index in [4.69, 9.17) is 0 Å². The van der Waals surface area contributed by atoms with Gasteiger partial charge in [0, 0.05) is 6.42 Å². The minimum Gasteiger partial charge on any atom is -0.330 e. The Kier molecular flexibility index (Phi) is 4.10. The molecular weight excluding hydrogens is 236 g/mol. The van der Waals surface area contributed by atoms with Crippen molar-refractivity contribution in [3.63, 3.8) is 0 Å². The normalized spacial score (nSPS) is 33.8. The van der Waals surface area contributed by atoms with Gasteiger partial charge < -0.3 is 4.90 Å². The van der Waals surface area contributed by atoms with Crippen molar-refractivity contribution in [1.29, 1.82) is 0 Å². The Morgan fingerprint density at radius 2 is 1.82 bits per heavy atom. The van der Waals surface area contributed by atoms with Crippen molar-refractivity contribution in [2.45, 2.75) is 38.6 Å². The predicted molar refractivity (Wildman–Crippen MR) is 68.5 cm³/mol. The Balaban J connectivity index is 1.86. The number of sulfonamides is 1. The molecular formula is C12H25N2O2S+. The molecule has 1 N–H and O–H groups in total. The second-order valence-electron chi connectivity index (χ2n) is 5.79. The van der Waals surface area contributed by atoms with Gasteiger partial charge in [-0.3, -0.25) is 0 Å². The fourth-order valence-corrected chi connectivity index (χ4v) is 4.16. The van der Waals surface area contributed by atoms with Crippen LogP contribution >= 0.6 is 0 Å². The average Bonchev–Trinajstić information content (AvgIpc) is 2.28. The van der Waals surface area contributed by atoms with Crippen molar-refractivity contribution in [3.05, 3.63) is 0 Å². The summed E-state index contributed by atoms with van der Waals surface area (Å²) >= 11 is 0. The molecule has 1 heterocycles. The monoisotopic (exact) mass is 261 g/mol. The molecule has 0 unspecified atom stereocenters. The smallest absolute Gasteiger partial charge is 0.211 e. The van der Waals surface area contributed by atoms with Crippen molar-refractivity contribution < 1.29 is 13.3 Å². The molecule has 100 valence electrons. The van der Waals surface area contributed by atoms with Crippen molar-refractivity contribution in [1.82, 2.24) is 4.31 Å². The molecule has 1 saturated heterocycles. The van der Waals surface area contributed by atoms with Crippen LogP contribution in [0.3, 0.4) is 0 Å². The average molecular weight is 261 g/mol. The van der Waals surface area contributed by atoms with E-state index in [0.29, 0.717) is 13.1 Å². The van der Waals surface area contributed by atoms with Crippen LogP contribution in [-0.4, -0.2) is 51.2 Å². The van der Waals surface area contributed by atoms with Gasteiger partial charge in [0.1, 0.15) is 0 Å². The van der Waals surface area contributed by atoms with Crippen LogP contribution in [0.1, 0.15) is 32.6 Å². The highest BCUT2D eigenvalue weighted by atomic mass is 32.2. The summed E-state index contributed by atoms with van der Waals surface area (Å²) in [6.07, 6.45) is 6.71. The van der Waals surface area contributed by atoms with Crippen LogP contribution < -0.4 is 4.90 Å². The van der Waals surface area contributed by atoms with E-state index in [1.54, 1.807) is 9.21 Å². The zero-order valence-electron chi connectivity index (χ0n) is 11.0. The van der Waals surface area contributed by atoms with Gasteiger partial charge in [0.05, 0.1) is 38.5 Å². The number of rotatable bonds is 2. The first-order valence-electron chi connectivity index (χ1n) is 6.76. The number of hydrogen-bond acceptors (Lipinski definition) is 2. The molecule has 4 nitrogen and oxygen atoms in total. The predicted octanol–water partition coefficient (Wildman–Crippen LogP) is -0.275. The van der Waals surface area contributed by atoms with Gasteiger partial charge in [0.15, 0.2) is 0 Å². The van der Waals surface area contributed by atoms with Gasteiger partial charge in [0.2, 0.25) is 10.0 Å².